The van der Waals surface area contributed by atoms with E-state index in [1.165, 1.54) is 0 Å². The highest BCUT2D eigenvalue weighted by atomic mass is 16.5. The van der Waals surface area contributed by atoms with Gasteiger partial charge in [0.15, 0.2) is 5.65 Å². The molecule has 0 aliphatic heterocycles. The highest BCUT2D eigenvalue weighted by molar-refractivity contribution is 5.78. The number of H-pyrrole nitrogens is 1. The molecule has 2 aromatic carbocycles. The molecule has 0 fully saturated rings. The summed E-state index contributed by atoms with van der Waals surface area (Å²) >= 11 is 0. The average molecular weight is 384 g/mol. The van der Waals surface area contributed by atoms with Gasteiger partial charge in [0, 0.05) is 0 Å². The van der Waals surface area contributed by atoms with E-state index in [2.05, 4.69) is 15.0 Å². The molecule has 0 amide bonds. The number of imidazole rings is 1. The van der Waals surface area contributed by atoms with Crippen LogP contribution in [0.15, 0.2) is 60.7 Å². The molecule has 0 aliphatic carbocycles. The van der Waals surface area contributed by atoms with Crippen LogP contribution in [0.25, 0.3) is 22.6 Å². The third-order valence-electron chi connectivity index (χ3n) is 4.27. The number of aromatic amines is 1. The molecule has 0 radical (unpaired) electrons. The van der Waals surface area contributed by atoms with Gasteiger partial charge in [-0.2, -0.15) is 5.26 Å². The van der Waals surface area contributed by atoms with E-state index in [1.54, 1.807) is 12.1 Å². The molecule has 0 saturated carbocycles. The minimum atomic E-state index is 0.0116. The van der Waals surface area contributed by atoms with Gasteiger partial charge >= 0.3 is 0 Å². The fraction of sp³-hybridized carbons (Fsp3) is 0.174. The summed E-state index contributed by atoms with van der Waals surface area (Å²) in [5, 5.41) is 9.07. The Balaban J connectivity index is 1.70. The molecule has 4 aromatic rings. The van der Waals surface area contributed by atoms with E-state index in [1.807, 2.05) is 68.4 Å². The lowest BCUT2D eigenvalue weighted by Gasteiger charge is -2.15. The number of nitriles is 1. The van der Waals surface area contributed by atoms with Gasteiger partial charge in [0.25, 0.3) is 0 Å². The summed E-state index contributed by atoms with van der Waals surface area (Å²) < 4.78 is 11.9. The van der Waals surface area contributed by atoms with E-state index in [0.717, 1.165) is 11.1 Å². The molecule has 29 heavy (non-hydrogen) atoms. The summed E-state index contributed by atoms with van der Waals surface area (Å²) in [4.78, 5) is 12.1. The molecule has 0 bridgehead atoms. The van der Waals surface area contributed by atoms with Crippen molar-refractivity contribution >= 4 is 11.2 Å². The highest BCUT2D eigenvalue weighted by Crippen LogP contribution is 2.34. The van der Waals surface area contributed by atoms with Crippen LogP contribution >= 0.6 is 0 Å². The maximum atomic E-state index is 9.07. The van der Waals surface area contributed by atoms with Crippen molar-refractivity contribution in [1.29, 1.82) is 5.26 Å². The number of nitrogens with one attached hydrogen (secondary N) is 1. The van der Waals surface area contributed by atoms with Crippen molar-refractivity contribution in [3.8, 4) is 29.0 Å². The normalized spacial score (nSPS) is 10.8. The Hall–Kier alpha value is -3.85. The van der Waals surface area contributed by atoms with Gasteiger partial charge in [-0.25, -0.2) is 9.97 Å². The molecule has 0 aliphatic rings. The smallest absolute Gasteiger partial charge is 0.159 e. The van der Waals surface area contributed by atoms with E-state index in [4.69, 9.17) is 14.7 Å². The molecule has 2 aromatic heterocycles. The van der Waals surface area contributed by atoms with Crippen LogP contribution in [0.1, 0.15) is 25.1 Å². The molecular formula is C23H20N4O2. The van der Waals surface area contributed by atoms with Gasteiger partial charge in [-0.15, -0.1) is 0 Å². The maximum absolute atomic E-state index is 9.07. The number of benzene rings is 2. The second-order valence-corrected chi connectivity index (χ2v) is 6.86. The summed E-state index contributed by atoms with van der Waals surface area (Å²) in [5.74, 6) is 2.03. The topological polar surface area (TPSA) is 83.8 Å². The van der Waals surface area contributed by atoms with E-state index < -0.39 is 0 Å². The van der Waals surface area contributed by atoms with Crippen molar-refractivity contribution in [3.63, 3.8) is 0 Å². The van der Waals surface area contributed by atoms with E-state index in [0.29, 0.717) is 40.8 Å². The molecule has 0 spiro atoms. The first-order chi connectivity index (χ1) is 14.1. The molecular weight excluding hydrogens is 364 g/mol. The Bertz CT molecular complexity index is 1180. The Morgan fingerprint density at radius 2 is 1.86 bits per heavy atom. The van der Waals surface area contributed by atoms with Crippen LogP contribution in [0.5, 0.6) is 11.5 Å². The van der Waals surface area contributed by atoms with Gasteiger partial charge in [-0.1, -0.05) is 30.3 Å². The predicted octanol–water partition coefficient (Wildman–Crippen LogP) is 4.86. The van der Waals surface area contributed by atoms with Gasteiger partial charge in [-0.05, 0) is 49.7 Å². The number of aromatic nitrogens is 3. The maximum Gasteiger partial charge on any atom is 0.159 e. The van der Waals surface area contributed by atoms with Crippen LogP contribution in [0, 0.1) is 11.3 Å². The minimum Gasteiger partial charge on any atom is -0.490 e. The van der Waals surface area contributed by atoms with Gasteiger partial charge in [-0.3, -0.25) is 0 Å². The lowest BCUT2D eigenvalue weighted by molar-refractivity contribution is 0.242. The second kappa shape index (κ2) is 8.03. The molecule has 0 unspecified atom stereocenters. The lowest BCUT2D eigenvalue weighted by atomic mass is 10.1. The van der Waals surface area contributed by atoms with Gasteiger partial charge in [0.1, 0.15) is 41.2 Å². The monoisotopic (exact) mass is 384 g/mol. The van der Waals surface area contributed by atoms with Crippen LogP contribution in [0.2, 0.25) is 0 Å². The zero-order valence-corrected chi connectivity index (χ0v) is 16.2. The molecule has 2 heterocycles. The standard InChI is InChI=1S/C23H20N4O2/c1-15(2)29-21-11-9-18(28-14-16-6-4-3-5-7-16)12-19(21)22-26-20-10-8-17(13-24)25-23(20)27-22/h3-12,15H,14H2,1-2H3,(H,25,26,27). The van der Waals surface area contributed by atoms with Crippen LogP contribution in [0.4, 0.5) is 0 Å². The SMILES string of the molecule is CC(C)Oc1ccc(OCc2ccccc2)cc1-c1nc2ccc(C#N)nc2[nH]1. The lowest BCUT2D eigenvalue weighted by Crippen LogP contribution is -2.07. The first-order valence-corrected chi connectivity index (χ1v) is 9.37. The molecule has 6 heteroatoms. The van der Waals surface area contributed by atoms with E-state index in [-0.39, 0.29) is 6.10 Å². The Morgan fingerprint density at radius 3 is 2.62 bits per heavy atom. The molecule has 144 valence electrons. The van der Waals surface area contributed by atoms with Crippen LogP contribution in [0.3, 0.4) is 0 Å². The Labute approximate surface area is 168 Å². The quantitative estimate of drug-likeness (QED) is 0.513. The third-order valence-corrected chi connectivity index (χ3v) is 4.27. The molecule has 1 N–H and O–H groups in total. The number of hydrogen-bond donors (Lipinski definition) is 1. The van der Waals surface area contributed by atoms with Crippen LogP contribution in [-0.2, 0) is 6.61 Å². The van der Waals surface area contributed by atoms with Crippen molar-refractivity contribution in [2.75, 3.05) is 0 Å². The highest BCUT2D eigenvalue weighted by Gasteiger charge is 2.15. The van der Waals surface area contributed by atoms with Crippen molar-refractivity contribution in [1.82, 2.24) is 15.0 Å². The molecule has 0 atom stereocenters. The van der Waals surface area contributed by atoms with E-state index >= 15 is 0 Å². The third kappa shape index (κ3) is 4.19. The molecule has 6 nitrogen and oxygen atoms in total. The van der Waals surface area contributed by atoms with Crippen LogP contribution < -0.4 is 9.47 Å². The Morgan fingerprint density at radius 1 is 1.03 bits per heavy atom. The average Bonchev–Trinajstić information content (AvgIpc) is 3.16. The van der Waals surface area contributed by atoms with Crippen molar-refractivity contribution in [3.05, 3.63) is 71.9 Å². The van der Waals surface area contributed by atoms with Gasteiger partial charge in [0.05, 0.1) is 11.7 Å². The summed E-state index contributed by atoms with van der Waals surface area (Å²) in [5.41, 5.74) is 3.45. The zero-order chi connectivity index (χ0) is 20.2. The fourth-order valence-corrected chi connectivity index (χ4v) is 2.97. The van der Waals surface area contributed by atoms with Gasteiger partial charge < -0.3 is 14.5 Å². The van der Waals surface area contributed by atoms with Crippen molar-refractivity contribution in [2.24, 2.45) is 0 Å². The number of rotatable bonds is 6. The number of fused-ring (bicyclic) bond motifs is 1. The summed E-state index contributed by atoms with van der Waals surface area (Å²) in [6.07, 6.45) is 0.0116. The number of pyridine rings is 1. The van der Waals surface area contributed by atoms with E-state index in [9.17, 15) is 0 Å². The molecule has 0 saturated heterocycles. The Kier molecular flexibility index (Phi) is 5.12. The summed E-state index contributed by atoms with van der Waals surface area (Å²) in [7, 11) is 0. The van der Waals surface area contributed by atoms with Crippen molar-refractivity contribution in [2.45, 2.75) is 26.6 Å². The summed E-state index contributed by atoms with van der Waals surface area (Å²) in [6.45, 7) is 4.42. The number of nitrogens with zero attached hydrogens (tertiary/aromatic N) is 3. The fourth-order valence-electron chi connectivity index (χ4n) is 2.97. The molecule has 4 rings (SSSR count). The predicted molar refractivity (Wildman–Crippen MR) is 111 cm³/mol. The second-order valence-electron chi connectivity index (χ2n) is 6.86. The first kappa shape index (κ1) is 18.5. The largest absolute Gasteiger partial charge is 0.490 e. The van der Waals surface area contributed by atoms with Crippen molar-refractivity contribution < 1.29 is 9.47 Å². The van der Waals surface area contributed by atoms with Crippen LogP contribution in [-0.4, -0.2) is 21.1 Å². The number of ether oxygens (including phenoxy) is 2. The number of hydrogen-bond acceptors (Lipinski definition) is 5. The summed E-state index contributed by atoms with van der Waals surface area (Å²) in [6, 6.07) is 21.1. The first-order valence-electron chi connectivity index (χ1n) is 9.37. The minimum absolute atomic E-state index is 0.0116. The zero-order valence-electron chi connectivity index (χ0n) is 16.2. The van der Waals surface area contributed by atoms with Gasteiger partial charge in [0.2, 0.25) is 0 Å².